The van der Waals surface area contributed by atoms with Crippen molar-refractivity contribution < 1.29 is 18.7 Å². The Morgan fingerprint density at radius 2 is 1.71 bits per heavy atom. The van der Waals surface area contributed by atoms with Gasteiger partial charge in [0.05, 0.1) is 11.4 Å². The Labute approximate surface area is 180 Å². The number of carbonyl (C=O) groups is 2. The molecule has 2 aromatic carbocycles. The molecule has 31 heavy (non-hydrogen) atoms. The monoisotopic (exact) mass is 421 g/mol. The SMILES string of the molecule is CC(C)(C)c1ccccc1OCC(=O)Nc1cc(F)ccc1NC(=O)c1ccccn1. The highest BCUT2D eigenvalue weighted by atomic mass is 19.1. The van der Waals surface area contributed by atoms with Crippen LogP contribution in [0.15, 0.2) is 66.9 Å². The van der Waals surface area contributed by atoms with E-state index in [1.807, 2.05) is 18.2 Å². The Balaban J connectivity index is 1.71. The highest BCUT2D eigenvalue weighted by Gasteiger charge is 2.19. The second-order valence-electron chi connectivity index (χ2n) is 7.94. The van der Waals surface area contributed by atoms with Crippen molar-refractivity contribution in [2.45, 2.75) is 26.2 Å². The van der Waals surface area contributed by atoms with Gasteiger partial charge in [-0.1, -0.05) is 45.0 Å². The van der Waals surface area contributed by atoms with E-state index in [0.29, 0.717) is 5.75 Å². The Hall–Kier alpha value is -3.74. The fraction of sp³-hybridized carbons (Fsp3) is 0.208. The van der Waals surface area contributed by atoms with Crippen molar-refractivity contribution in [1.29, 1.82) is 0 Å². The molecule has 0 aliphatic rings. The second-order valence-corrected chi connectivity index (χ2v) is 7.94. The van der Waals surface area contributed by atoms with Crippen LogP contribution in [-0.4, -0.2) is 23.4 Å². The first kappa shape index (κ1) is 22.0. The summed E-state index contributed by atoms with van der Waals surface area (Å²) in [4.78, 5) is 28.8. The van der Waals surface area contributed by atoms with Gasteiger partial charge in [-0.2, -0.15) is 0 Å². The third-order valence-electron chi connectivity index (χ3n) is 4.46. The van der Waals surface area contributed by atoms with E-state index >= 15 is 0 Å². The zero-order valence-corrected chi connectivity index (χ0v) is 17.6. The summed E-state index contributed by atoms with van der Waals surface area (Å²) in [5.74, 6) is -0.904. The minimum atomic E-state index is -0.551. The molecule has 0 fully saturated rings. The number of amides is 2. The van der Waals surface area contributed by atoms with Crippen LogP contribution >= 0.6 is 0 Å². The lowest BCUT2D eigenvalue weighted by Crippen LogP contribution is -2.23. The molecule has 160 valence electrons. The molecule has 3 rings (SSSR count). The number of pyridine rings is 1. The number of carbonyl (C=O) groups excluding carboxylic acids is 2. The molecule has 1 heterocycles. The summed E-state index contributed by atoms with van der Waals surface area (Å²) in [6.45, 7) is 5.90. The highest BCUT2D eigenvalue weighted by Crippen LogP contribution is 2.31. The van der Waals surface area contributed by atoms with E-state index in [9.17, 15) is 14.0 Å². The van der Waals surface area contributed by atoms with Crippen LogP contribution in [0, 0.1) is 5.82 Å². The van der Waals surface area contributed by atoms with Crippen molar-refractivity contribution in [3.8, 4) is 5.75 Å². The molecule has 0 aliphatic heterocycles. The molecule has 0 saturated heterocycles. The van der Waals surface area contributed by atoms with Gasteiger partial charge in [-0.05, 0) is 47.4 Å². The molecule has 2 amide bonds. The third-order valence-corrected chi connectivity index (χ3v) is 4.46. The average Bonchev–Trinajstić information content (AvgIpc) is 2.74. The number of para-hydroxylation sites is 1. The van der Waals surface area contributed by atoms with Gasteiger partial charge < -0.3 is 15.4 Å². The molecule has 0 unspecified atom stereocenters. The van der Waals surface area contributed by atoms with Crippen molar-refractivity contribution >= 4 is 23.2 Å². The minimum Gasteiger partial charge on any atom is -0.483 e. The molecule has 0 spiro atoms. The second kappa shape index (κ2) is 9.38. The fourth-order valence-corrected chi connectivity index (χ4v) is 2.95. The zero-order chi connectivity index (χ0) is 22.4. The van der Waals surface area contributed by atoms with E-state index in [4.69, 9.17) is 4.74 Å². The van der Waals surface area contributed by atoms with Crippen LogP contribution in [0.25, 0.3) is 0 Å². The van der Waals surface area contributed by atoms with Gasteiger partial charge >= 0.3 is 0 Å². The third kappa shape index (κ3) is 5.88. The topological polar surface area (TPSA) is 80.3 Å². The summed E-state index contributed by atoms with van der Waals surface area (Å²) in [6, 6.07) is 16.1. The van der Waals surface area contributed by atoms with Crippen molar-refractivity contribution in [2.75, 3.05) is 17.2 Å². The normalized spacial score (nSPS) is 11.0. The molecule has 0 aliphatic carbocycles. The number of halogens is 1. The number of ether oxygens (including phenoxy) is 1. The van der Waals surface area contributed by atoms with E-state index in [2.05, 4.69) is 36.4 Å². The molecule has 6 nitrogen and oxygen atoms in total. The van der Waals surface area contributed by atoms with Gasteiger partial charge in [-0.3, -0.25) is 14.6 Å². The first-order valence-electron chi connectivity index (χ1n) is 9.78. The molecule has 0 atom stereocenters. The van der Waals surface area contributed by atoms with Gasteiger partial charge in [0.2, 0.25) is 0 Å². The molecule has 0 radical (unpaired) electrons. The maximum absolute atomic E-state index is 13.8. The van der Waals surface area contributed by atoms with E-state index in [0.717, 1.165) is 11.6 Å². The average molecular weight is 421 g/mol. The van der Waals surface area contributed by atoms with Crippen molar-refractivity contribution in [3.05, 3.63) is 83.9 Å². The molecule has 7 heteroatoms. The lowest BCUT2D eigenvalue weighted by molar-refractivity contribution is -0.118. The summed E-state index contributed by atoms with van der Waals surface area (Å²) in [7, 11) is 0. The first-order valence-corrected chi connectivity index (χ1v) is 9.78. The number of hydrogen-bond acceptors (Lipinski definition) is 4. The number of benzene rings is 2. The highest BCUT2D eigenvalue weighted by molar-refractivity contribution is 6.06. The maximum Gasteiger partial charge on any atom is 0.274 e. The summed E-state index contributed by atoms with van der Waals surface area (Å²) in [6.07, 6.45) is 1.50. The number of anilines is 2. The Morgan fingerprint density at radius 1 is 0.968 bits per heavy atom. The van der Waals surface area contributed by atoms with Crippen LogP contribution in [0.2, 0.25) is 0 Å². The smallest absolute Gasteiger partial charge is 0.274 e. The predicted octanol–water partition coefficient (Wildman–Crippen LogP) is 4.79. The lowest BCUT2D eigenvalue weighted by atomic mass is 9.86. The first-order chi connectivity index (χ1) is 14.7. The Morgan fingerprint density at radius 3 is 2.42 bits per heavy atom. The Kier molecular flexibility index (Phi) is 6.65. The molecule has 0 saturated carbocycles. The van der Waals surface area contributed by atoms with E-state index in [-0.39, 0.29) is 29.1 Å². The largest absolute Gasteiger partial charge is 0.483 e. The molecular weight excluding hydrogens is 397 g/mol. The van der Waals surface area contributed by atoms with Crippen LogP contribution in [0.4, 0.5) is 15.8 Å². The number of nitrogens with zero attached hydrogens (tertiary/aromatic N) is 1. The van der Waals surface area contributed by atoms with Gasteiger partial charge in [-0.25, -0.2) is 4.39 Å². The summed E-state index contributed by atoms with van der Waals surface area (Å²) >= 11 is 0. The standard InChI is InChI=1S/C24H24FN3O3/c1-24(2,3)17-8-4-5-10-21(17)31-15-22(29)27-20-14-16(25)11-12-18(20)28-23(30)19-9-6-7-13-26-19/h4-14H,15H2,1-3H3,(H,27,29)(H,28,30). The van der Waals surface area contributed by atoms with E-state index in [1.165, 1.54) is 18.3 Å². The predicted molar refractivity (Wildman–Crippen MR) is 118 cm³/mol. The molecule has 3 aromatic rings. The van der Waals surface area contributed by atoms with Gasteiger partial charge in [0.25, 0.3) is 11.8 Å². The van der Waals surface area contributed by atoms with Crippen molar-refractivity contribution in [3.63, 3.8) is 0 Å². The summed E-state index contributed by atoms with van der Waals surface area (Å²) < 4.78 is 19.5. The van der Waals surface area contributed by atoms with E-state index in [1.54, 1.807) is 24.3 Å². The van der Waals surface area contributed by atoms with Gasteiger partial charge in [0.1, 0.15) is 17.3 Å². The molecular formula is C24H24FN3O3. The van der Waals surface area contributed by atoms with Crippen LogP contribution < -0.4 is 15.4 Å². The van der Waals surface area contributed by atoms with Crippen LogP contribution in [0.3, 0.4) is 0 Å². The van der Waals surface area contributed by atoms with Crippen LogP contribution in [0.5, 0.6) is 5.75 Å². The minimum absolute atomic E-state index is 0.127. The van der Waals surface area contributed by atoms with Crippen LogP contribution in [-0.2, 0) is 10.2 Å². The quantitative estimate of drug-likeness (QED) is 0.600. The number of nitrogens with one attached hydrogen (secondary N) is 2. The number of hydrogen-bond donors (Lipinski definition) is 2. The van der Waals surface area contributed by atoms with E-state index < -0.39 is 17.6 Å². The van der Waals surface area contributed by atoms with Gasteiger partial charge in [0.15, 0.2) is 6.61 Å². The summed E-state index contributed by atoms with van der Waals surface area (Å²) in [5, 5.41) is 5.24. The summed E-state index contributed by atoms with van der Waals surface area (Å²) in [5.41, 5.74) is 1.39. The van der Waals surface area contributed by atoms with Crippen molar-refractivity contribution in [1.82, 2.24) is 4.98 Å². The molecule has 2 N–H and O–H groups in total. The zero-order valence-electron chi connectivity index (χ0n) is 17.6. The molecule has 0 bridgehead atoms. The van der Waals surface area contributed by atoms with Gasteiger partial charge in [-0.15, -0.1) is 0 Å². The van der Waals surface area contributed by atoms with Gasteiger partial charge in [0, 0.05) is 6.20 Å². The van der Waals surface area contributed by atoms with Crippen LogP contribution in [0.1, 0.15) is 36.8 Å². The fourth-order valence-electron chi connectivity index (χ4n) is 2.95. The number of aromatic nitrogens is 1. The van der Waals surface area contributed by atoms with Crippen molar-refractivity contribution in [2.24, 2.45) is 0 Å². The molecule has 1 aromatic heterocycles. The maximum atomic E-state index is 13.8. The Bertz CT molecular complexity index is 1080. The lowest BCUT2D eigenvalue weighted by Gasteiger charge is -2.22. The number of rotatable bonds is 6.